The molecule has 0 spiro atoms. The Balaban J connectivity index is 1.22. The summed E-state index contributed by atoms with van der Waals surface area (Å²) >= 11 is 0. The van der Waals surface area contributed by atoms with Crippen LogP contribution in [0.5, 0.6) is 0 Å². The molecular weight excluding hydrogens is 816 g/mol. The van der Waals surface area contributed by atoms with E-state index in [2.05, 4.69) is 210 Å². The van der Waals surface area contributed by atoms with Gasteiger partial charge in [0.2, 0.25) is 0 Å². The summed E-state index contributed by atoms with van der Waals surface area (Å²) in [5, 5.41) is 3.50. The zero-order chi connectivity index (χ0) is 47.1. The Labute approximate surface area is 398 Å². The van der Waals surface area contributed by atoms with E-state index < -0.39 is 0 Å². The quantitative estimate of drug-likeness (QED) is 0.162. The highest BCUT2D eigenvalue weighted by atomic mass is 16.3. The van der Waals surface area contributed by atoms with Crippen LogP contribution in [0.15, 0.2) is 112 Å². The van der Waals surface area contributed by atoms with Crippen LogP contribution in [-0.4, -0.2) is 6.71 Å². The van der Waals surface area contributed by atoms with Crippen molar-refractivity contribution in [2.75, 3.05) is 9.80 Å². The van der Waals surface area contributed by atoms with Gasteiger partial charge in [-0.25, -0.2) is 0 Å². The number of hydrogen-bond donors (Lipinski definition) is 0. The molecule has 0 amide bonds. The van der Waals surface area contributed by atoms with Crippen molar-refractivity contribution in [2.45, 2.75) is 155 Å². The van der Waals surface area contributed by atoms with E-state index in [0.29, 0.717) is 0 Å². The molecule has 340 valence electrons. The third kappa shape index (κ3) is 6.04. The summed E-state index contributed by atoms with van der Waals surface area (Å²) in [4.78, 5) is 5.15. The molecule has 0 unspecified atom stereocenters. The maximum Gasteiger partial charge on any atom is 0.297 e. The van der Waals surface area contributed by atoms with E-state index in [1.807, 2.05) is 0 Å². The third-order valence-electron chi connectivity index (χ3n) is 17.1. The Morgan fingerprint density at radius 3 is 1.67 bits per heavy atom. The second kappa shape index (κ2) is 13.5. The van der Waals surface area contributed by atoms with Crippen molar-refractivity contribution in [3.05, 3.63) is 137 Å². The van der Waals surface area contributed by atoms with Crippen LogP contribution in [-0.2, 0) is 32.5 Å². The molecule has 4 heterocycles. The summed E-state index contributed by atoms with van der Waals surface area (Å²) in [6.45, 7) is 33.2. The van der Waals surface area contributed by atoms with Crippen LogP contribution in [0.2, 0.25) is 0 Å². The Kier molecular flexibility index (Phi) is 8.61. The van der Waals surface area contributed by atoms with Crippen LogP contribution in [0.1, 0.15) is 156 Å². The molecule has 0 radical (unpaired) electrons. The van der Waals surface area contributed by atoms with E-state index in [4.69, 9.17) is 8.83 Å². The van der Waals surface area contributed by atoms with Crippen molar-refractivity contribution in [3.63, 3.8) is 0 Å². The van der Waals surface area contributed by atoms with Gasteiger partial charge in [-0.1, -0.05) is 145 Å². The minimum absolute atomic E-state index is 0.00934. The minimum Gasteiger partial charge on any atom is -0.468 e. The fourth-order valence-corrected chi connectivity index (χ4v) is 12.8. The topological polar surface area (TPSA) is 32.8 Å². The van der Waals surface area contributed by atoms with E-state index in [1.54, 1.807) is 0 Å². The van der Waals surface area contributed by atoms with Gasteiger partial charge < -0.3 is 18.6 Å². The van der Waals surface area contributed by atoms with E-state index in [1.165, 1.54) is 72.4 Å². The largest absolute Gasteiger partial charge is 0.468 e. The fraction of sp³-hybridized carbons (Fsp3) is 0.387. The first-order valence-electron chi connectivity index (χ1n) is 25.1. The molecule has 12 rings (SSSR count). The number of para-hydroxylation sites is 1. The standard InChI is InChI=1S/C62H67BN2O2/c1-57(2,3)36-24-26-37(27-25-36)64-47-21-16-22-48-53(47)63(56-54(64)39-32-41-44(35-51(39)67-56)62(13,14)31-28-59(41,7)8)45-33-42-43(61(11,12)30-29-60(42,9)10)34-49(45)65(48)46-20-17-23-50-52(46)38-18-15-19-40(55(38)66-50)58(4,5)6/h15-27,32-35H,28-31H2,1-14H3. The summed E-state index contributed by atoms with van der Waals surface area (Å²) in [6, 6.07) is 39.9. The summed E-state index contributed by atoms with van der Waals surface area (Å²) in [6.07, 6.45) is 4.59. The Morgan fingerprint density at radius 2 is 1.04 bits per heavy atom. The summed E-state index contributed by atoms with van der Waals surface area (Å²) in [5.41, 5.74) is 21.9. The molecule has 0 saturated carbocycles. The van der Waals surface area contributed by atoms with Crippen molar-refractivity contribution in [2.24, 2.45) is 0 Å². The Hall–Kier alpha value is -5.68. The molecule has 2 aliphatic heterocycles. The monoisotopic (exact) mass is 883 g/mol. The molecule has 8 aromatic rings. The zero-order valence-corrected chi connectivity index (χ0v) is 42.4. The SMILES string of the molecule is CC(C)(C)c1ccc(N2c3cccc4c3B(c3cc5c(cc3N4c3cccc4oc6c(C(C)(C)C)cccc6c34)C(C)(C)CCC5(C)C)c3oc4cc5c(cc4c32)C(C)(C)CCC5(C)C)cc1. The molecule has 6 aromatic carbocycles. The van der Waals surface area contributed by atoms with Crippen LogP contribution in [0.25, 0.3) is 32.9 Å². The van der Waals surface area contributed by atoms with E-state index in [9.17, 15) is 0 Å². The number of rotatable bonds is 2. The van der Waals surface area contributed by atoms with Gasteiger partial charge in [-0.05, 0) is 152 Å². The average molecular weight is 883 g/mol. The molecule has 0 bridgehead atoms. The normalized spacial score (nSPS) is 18.7. The van der Waals surface area contributed by atoms with Crippen molar-refractivity contribution in [1.29, 1.82) is 0 Å². The first kappa shape index (κ1) is 42.7. The van der Waals surface area contributed by atoms with Crippen LogP contribution >= 0.6 is 0 Å². The lowest BCUT2D eigenvalue weighted by Gasteiger charge is -2.46. The number of anilines is 6. The molecule has 0 fully saturated rings. The molecule has 0 saturated heterocycles. The van der Waals surface area contributed by atoms with Crippen LogP contribution in [0.3, 0.4) is 0 Å². The minimum atomic E-state index is -0.137. The highest BCUT2D eigenvalue weighted by Crippen LogP contribution is 2.54. The number of hydrogen-bond acceptors (Lipinski definition) is 4. The zero-order valence-electron chi connectivity index (χ0n) is 42.4. The summed E-state index contributed by atoms with van der Waals surface area (Å²) < 4.78 is 14.6. The molecule has 67 heavy (non-hydrogen) atoms. The summed E-state index contributed by atoms with van der Waals surface area (Å²) in [5.74, 6) is 0. The predicted molar refractivity (Wildman–Crippen MR) is 285 cm³/mol. The van der Waals surface area contributed by atoms with E-state index >= 15 is 0 Å². The first-order chi connectivity index (χ1) is 31.5. The van der Waals surface area contributed by atoms with E-state index in [-0.39, 0.29) is 39.2 Å². The molecule has 4 nitrogen and oxygen atoms in total. The van der Waals surface area contributed by atoms with Gasteiger partial charge in [-0.2, -0.15) is 0 Å². The average Bonchev–Trinajstić information content (AvgIpc) is 3.84. The molecule has 2 aliphatic carbocycles. The Morgan fingerprint density at radius 1 is 0.493 bits per heavy atom. The molecule has 0 N–H and O–H groups in total. The number of nitrogens with zero attached hydrogens (tertiary/aromatic N) is 2. The highest BCUT2D eigenvalue weighted by molar-refractivity contribution is 7.00. The van der Waals surface area contributed by atoms with Gasteiger partial charge in [0.15, 0.2) is 0 Å². The first-order valence-corrected chi connectivity index (χ1v) is 25.1. The van der Waals surface area contributed by atoms with Gasteiger partial charge in [-0.15, -0.1) is 0 Å². The molecule has 2 aromatic heterocycles. The number of benzene rings is 6. The maximum atomic E-state index is 7.62. The molecular formula is C62H67BN2O2. The molecule has 4 aliphatic rings. The second-order valence-electron chi connectivity index (χ2n) is 25.5. The van der Waals surface area contributed by atoms with Gasteiger partial charge in [0.05, 0.1) is 22.4 Å². The van der Waals surface area contributed by atoms with Gasteiger partial charge >= 0.3 is 0 Å². The van der Waals surface area contributed by atoms with E-state index in [0.717, 1.165) is 70.2 Å². The van der Waals surface area contributed by atoms with Crippen LogP contribution in [0.4, 0.5) is 34.1 Å². The maximum absolute atomic E-state index is 7.62. The number of furan rings is 2. The lowest BCUT2D eigenvalue weighted by Crippen LogP contribution is -2.61. The third-order valence-corrected chi connectivity index (χ3v) is 17.1. The van der Waals surface area contributed by atoms with Crippen molar-refractivity contribution < 1.29 is 8.83 Å². The lowest BCUT2D eigenvalue weighted by molar-refractivity contribution is 0.332. The van der Waals surface area contributed by atoms with Gasteiger partial charge in [-0.3, -0.25) is 0 Å². The van der Waals surface area contributed by atoms with Gasteiger partial charge in [0, 0.05) is 39.1 Å². The lowest BCUT2D eigenvalue weighted by atomic mass is 9.35. The number of fused-ring (bicyclic) bond motifs is 11. The summed E-state index contributed by atoms with van der Waals surface area (Å²) in [7, 11) is 0. The smallest absolute Gasteiger partial charge is 0.297 e. The van der Waals surface area contributed by atoms with Gasteiger partial charge in [0.1, 0.15) is 16.7 Å². The van der Waals surface area contributed by atoms with Crippen molar-refractivity contribution in [3.8, 4) is 0 Å². The van der Waals surface area contributed by atoms with Crippen molar-refractivity contribution in [1.82, 2.24) is 0 Å². The van der Waals surface area contributed by atoms with Crippen molar-refractivity contribution >= 4 is 90.3 Å². The fourth-order valence-electron chi connectivity index (χ4n) is 12.8. The highest BCUT2D eigenvalue weighted by Gasteiger charge is 2.50. The Bertz CT molecular complexity index is 3400. The molecule has 0 atom stereocenters. The van der Waals surface area contributed by atoms with Crippen LogP contribution in [0, 0.1) is 0 Å². The second-order valence-corrected chi connectivity index (χ2v) is 25.5. The van der Waals surface area contributed by atoms with Crippen LogP contribution < -0.4 is 26.4 Å². The van der Waals surface area contributed by atoms with Gasteiger partial charge in [0.25, 0.3) is 6.71 Å². The molecule has 5 heteroatoms. The predicted octanol–water partition coefficient (Wildman–Crippen LogP) is 15.7.